The molecule has 0 N–H and O–H groups in total. The van der Waals surface area contributed by atoms with Crippen LogP contribution in [0, 0.1) is 5.82 Å². The minimum absolute atomic E-state index is 0.239. The lowest BCUT2D eigenvalue weighted by molar-refractivity contribution is 0.0778. The fourth-order valence-corrected chi connectivity index (χ4v) is 2.36. The minimum Gasteiger partial charge on any atom is -0.336 e. The van der Waals surface area contributed by atoms with Crippen LogP contribution in [0.15, 0.2) is 54.9 Å². The molecule has 0 aliphatic carbocycles. The van der Waals surface area contributed by atoms with Gasteiger partial charge in [-0.25, -0.2) is 14.1 Å². The summed E-state index contributed by atoms with van der Waals surface area (Å²) in [5, 5.41) is 4.57. The number of hydrogen-bond acceptors (Lipinski definition) is 3. The van der Waals surface area contributed by atoms with Gasteiger partial charge in [0.1, 0.15) is 16.7 Å². The molecule has 0 saturated heterocycles. The zero-order chi connectivity index (χ0) is 17.1. The quantitative estimate of drug-likeness (QED) is 0.682. The largest absolute Gasteiger partial charge is 0.336 e. The van der Waals surface area contributed by atoms with Gasteiger partial charge in [0.2, 0.25) is 0 Å². The number of aromatic nitrogens is 3. The molecule has 3 aromatic rings. The van der Waals surface area contributed by atoms with Crippen LogP contribution in [0.25, 0.3) is 5.69 Å². The van der Waals surface area contributed by atoms with Gasteiger partial charge < -0.3 is 4.90 Å². The monoisotopic (exact) mass is 344 g/mol. The number of benzene rings is 1. The minimum atomic E-state index is -0.403. The van der Waals surface area contributed by atoms with Crippen molar-refractivity contribution in [1.29, 1.82) is 0 Å². The molecule has 0 spiro atoms. The highest BCUT2D eigenvalue weighted by Gasteiger charge is 2.16. The van der Waals surface area contributed by atoms with Crippen molar-refractivity contribution in [3.63, 3.8) is 0 Å². The molecule has 0 radical (unpaired) electrons. The van der Waals surface area contributed by atoms with Crippen molar-refractivity contribution in [3.05, 3.63) is 77.1 Å². The summed E-state index contributed by atoms with van der Waals surface area (Å²) in [6.07, 6.45) is 3.17. The SMILES string of the molecule is CN(Cc1ccc(Cl)nc1)C(=O)c1ccn(-c2ccccc2F)n1. The van der Waals surface area contributed by atoms with Crippen LogP contribution in [-0.2, 0) is 6.54 Å². The number of carbonyl (C=O) groups excluding carboxylic acids is 1. The lowest BCUT2D eigenvalue weighted by Gasteiger charge is -2.15. The average Bonchev–Trinajstić information content (AvgIpc) is 3.06. The summed E-state index contributed by atoms with van der Waals surface area (Å²) in [6, 6.07) is 11.3. The van der Waals surface area contributed by atoms with Crippen molar-refractivity contribution in [1.82, 2.24) is 19.7 Å². The maximum Gasteiger partial charge on any atom is 0.274 e. The predicted octanol–water partition coefficient (Wildman–Crippen LogP) is 3.33. The number of carbonyl (C=O) groups is 1. The van der Waals surface area contributed by atoms with Crippen LogP contribution >= 0.6 is 11.6 Å². The van der Waals surface area contributed by atoms with Gasteiger partial charge in [-0.1, -0.05) is 29.8 Å². The fourth-order valence-electron chi connectivity index (χ4n) is 2.25. The number of amides is 1. The van der Waals surface area contributed by atoms with E-state index < -0.39 is 5.82 Å². The molecule has 0 bridgehead atoms. The molecule has 0 aliphatic heterocycles. The summed E-state index contributed by atoms with van der Waals surface area (Å²) in [7, 11) is 1.67. The third kappa shape index (κ3) is 3.44. The van der Waals surface area contributed by atoms with Crippen molar-refractivity contribution < 1.29 is 9.18 Å². The highest BCUT2D eigenvalue weighted by atomic mass is 35.5. The van der Waals surface area contributed by atoms with Gasteiger partial charge in [0, 0.05) is 26.0 Å². The molecule has 5 nitrogen and oxygen atoms in total. The molecule has 2 aromatic heterocycles. The molecule has 3 rings (SSSR count). The van der Waals surface area contributed by atoms with E-state index in [1.54, 1.807) is 55.8 Å². The zero-order valence-electron chi connectivity index (χ0n) is 12.9. The van der Waals surface area contributed by atoms with E-state index in [4.69, 9.17) is 11.6 Å². The molecule has 0 fully saturated rings. The summed E-state index contributed by atoms with van der Waals surface area (Å²) in [5.41, 5.74) is 1.38. The molecule has 7 heteroatoms. The molecule has 24 heavy (non-hydrogen) atoms. The van der Waals surface area contributed by atoms with Gasteiger partial charge in [-0.05, 0) is 29.8 Å². The number of pyridine rings is 1. The van der Waals surface area contributed by atoms with Crippen LogP contribution in [0.4, 0.5) is 4.39 Å². The van der Waals surface area contributed by atoms with E-state index in [0.717, 1.165) is 5.56 Å². The molecule has 1 amide bonds. The van der Waals surface area contributed by atoms with Gasteiger partial charge in [-0.3, -0.25) is 4.79 Å². The number of rotatable bonds is 4. The van der Waals surface area contributed by atoms with Gasteiger partial charge >= 0.3 is 0 Å². The maximum atomic E-state index is 13.8. The lowest BCUT2D eigenvalue weighted by Crippen LogP contribution is -2.26. The molecule has 122 valence electrons. The summed E-state index contributed by atoms with van der Waals surface area (Å²) in [5.74, 6) is -0.666. The first-order valence-electron chi connectivity index (χ1n) is 7.21. The highest BCUT2D eigenvalue weighted by Crippen LogP contribution is 2.14. The number of para-hydroxylation sites is 1. The van der Waals surface area contributed by atoms with Gasteiger partial charge in [-0.15, -0.1) is 0 Å². The Morgan fingerprint density at radius 2 is 2.04 bits per heavy atom. The number of nitrogens with zero attached hydrogens (tertiary/aromatic N) is 4. The van der Waals surface area contributed by atoms with Crippen LogP contribution in [-0.4, -0.2) is 32.6 Å². The molecule has 1 aromatic carbocycles. The van der Waals surface area contributed by atoms with Crippen molar-refractivity contribution in [2.45, 2.75) is 6.54 Å². The lowest BCUT2D eigenvalue weighted by atomic mass is 10.2. The van der Waals surface area contributed by atoms with Crippen LogP contribution in [0.3, 0.4) is 0 Å². The Labute approximate surface area is 143 Å². The van der Waals surface area contributed by atoms with E-state index in [9.17, 15) is 9.18 Å². The second-order valence-electron chi connectivity index (χ2n) is 5.25. The van der Waals surface area contributed by atoms with E-state index in [1.807, 2.05) is 0 Å². The third-order valence-electron chi connectivity index (χ3n) is 3.46. The first-order valence-corrected chi connectivity index (χ1v) is 7.59. The molecule has 0 atom stereocenters. The average molecular weight is 345 g/mol. The molecular weight excluding hydrogens is 331 g/mol. The van der Waals surface area contributed by atoms with Gasteiger partial charge in [-0.2, -0.15) is 5.10 Å². The fraction of sp³-hybridized carbons (Fsp3) is 0.118. The summed E-state index contributed by atoms with van der Waals surface area (Å²) >= 11 is 5.75. The molecule has 0 saturated carbocycles. The Morgan fingerprint density at radius 1 is 1.25 bits per heavy atom. The topological polar surface area (TPSA) is 51.0 Å². The van der Waals surface area contributed by atoms with Gasteiger partial charge in [0.25, 0.3) is 5.91 Å². The Kier molecular flexibility index (Phi) is 4.57. The number of hydrogen-bond donors (Lipinski definition) is 0. The summed E-state index contributed by atoms with van der Waals surface area (Å²) < 4.78 is 15.1. The van der Waals surface area contributed by atoms with Crippen molar-refractivity contribution in [2.24, 2.45) is 0 Å². The Hall–Kier alpha value is -2.73. The standard InChI is InChI=1S/C17H14ClFN4O/c1-22(11-12-6-7-16(18)20-10-12)17(24)14-8-9-23(21-14)15-5-3-2-4-13(15)19/h2-10H,11H2,1H3. The normalized spacial score (nSPS) is 10.6. The van der Waals surface area contributed by atoms with E-state index in [0.29, 0.717) is 17.4 Å². The molecular formula is C17H14ClFN4O. The highest BCUT2D eigenvalue weighted by molar-refractivity contribution is 6.29. The zero-order valence-corrected chi connectivity index (χ0v) is 13.6. The molecule has 0 aliphatic rings. The number of halogens is 2. The first kappa shape index (κ1) is 16.1. The molecule has 0 unspecified atom stereocenters. The van der Waals surface area contributed by atoms with Gasteiger partial charge in [0.05, 0.1) is 0 Å². The summed E-state index contributed by atoms with van der Waals surface area (Å²) in [4.78, 5) is 18.0. The van der Waals surface area contributed by atoms with Crippen LogP contribution in [0.5, 0.6) is 0 Å². The van der Waals surface area contributed by atoms with E-state index in [1.165, 1.54) is 15.6 Å². The Bertz CT molecular complexity index is 863. The maximum absolute atomic E-state index is 13.8. The Balaban J connectivity index is 1.76. The Morgan fingerprint density at radius 3 is 2.75 bits per heavy atom. The smallest absolute Gasteiger partial charge is 0.274 e. The third-order valence-corrected chi connectivity index (χ3v) is 3.69. The van der Waals surface area contributed by atoms with Crippen LogP contribution in [0.1, 0.15) is 16.1 Å². The van der Waals surface area contributed by atoms with Crippen molar-refractivity contribution in [3.8, 4) is 5.69 Å². The molecule has 2 heterocycles. The van der Waals surface area contributed by atoms with Crippen LogP contribution < -0.4 is 0 Å². The second-order valence-corrected chi connectivity index (χ2v) is 5.63. The van der Waals surface area contributed by atoms with Crippen molar-refractivity contribution >= 4 is 17.5 Å². The van der Waals surface area contributed by atoms with Gasteiger partial charge in [0.15, 0.2) is 5.69 Å². The van der Waals surface area contributed by atoms with E-state index in [2.05, 4.69) is 10.1 Å². The van der Waals surface area contributed by atoms with Crippen LogP contribution in [0.2, 0.25) is 5.15 Å². The predicted molar refractivity (Wildman–Crippen MR) is 88.6 cm³/mol. The second kappa shape index (κ2) is 6.80. The van der Waals surface area contributed by atoms with E-state index >= 15 is 0 Å². The summed E-state index contributed by atoms with van der Waals surface area (Å²) in [6.45, 7) is 0.371. The van der Waals surface area contributed by atoms with Crippen molar-refractivity contribution in [2.75, 3.05) is 7.05 Å². The van der Waals surface area contributed by atoms with E-state index in [-0.39, 0.29) is 11.6 Å². The first-order chi connectivity index (χ1) is 11.5.